The summed E-state index contributed by atoms with van der Waals surface area (Å²) in [5.41, 5.74) is 0.412. The second-order valence-electron chi connectivity index (χ2n) is 5.81. The second-order valence-corrected chi connectivity index (χ2v) is 5.81. The van der Waals surface area contributed by atoms with Gasteiger partial charge in [-0.3, -0.25) is 4.79 Å². The molecule has 7 nitrogen and oxygen atoms in total. The van der Waals surface area contributed by atoms with Gasteiger partial charge >= 0.3 is 0 Å². The van der Waals surface area contributed by atoms with E-state index in [9.17, 15) is 4.79 Å². The summed E-state index contributed by atoms with van der Waals surface area (Å²) in [7, 11) is 3.05. The highest BCUT2D eigenvalue weighted by Crippen LogP contribution is 2.30. The molecule has 3 rings (SSSR count). The van der Waals surface area contributed by atoms with E-state index >= 15 is 0 Å². The lowest BCUT2D eigenvalue weighted by atomic mass is 10.0. The van der Waals surface area contributed by atoms with E-state index in [1.54, 1.807) is 30.5 Å². The van der Waals surface area contributed by atoms with Crippen LogP contribution in [0.4, 0.5) is 0 Å². The molecule has 0 spiro atoms. The van der Waals surface area contributed by atoms with Crippen LogP contribution in [0.5, 0.6) is 17.4 Å². The van der Waals surface area contributed by atoms with E-state index in [1.165, 1.54) is 14.2 Å². The molecule has 2 heterocycles. The van der Waals surface area contributed by atoms with E-state index in [2.05, 4.69) is 10.3 Å². The van der Waals surface area contributed by atoms with Crippen LogP contribution in [0.25, 0.3) is 0 Å². The molecule has 1 aromatic heterocycles. The minimum absolute atomic E-state index is 0.200. The zero-order valence-electron chi connectivity index (χ0n) is 14.8. The fraction of sp³-hybridized carbons (Fsp3) is 0.368. The van der Waals surface area contributed by atoms with Crippen molar-refractivity contribution in [2.45, 2.75) is 18.6 Å². The number of nitrogens with one attached hydrogen (secondary N) is 1. The fourth-order valence-electron chi connectivity index (χ4n) is 2.88. The van der Waals surface area contributed by atoms with E-state index in [-0.39, 0.29) is 18.1 Å². The van der Waals surface area contributed by atoms with Gasteiger partial charge in [0.2, 0.25) is 5.88 Å². The smallest absolute Gasteiger partial charge is 0.255 e. The molecule has 0 saturated carbocycles. The Kier molecular flexibility index (Phi) is 5.91. The van der Waals surface area contributed by atoms with E-state index in [0.717, 1.165) is 0 Å². The molecule has 26 heavy (non-hydrogen) atoms. The predicted molar refractivity (Wildman–Crippen MR) is 94.9 cm³/mol. The molecule has 1 aromatic carbocycles. The molecule has 0 radical (unpaired) electrons. The monoisotopic (exact) mass is 358 g/mol. The molecular weight excluding hydrogens is 336 g/mol. The molecule has 2 unspecified atom stereocenters. The summed E-state index contributed by atoms with van der Waals surface area (Å²) in [6, 6.07) is 10.4. The van der Waals surface area contributed by atoms with E-state index < -0.39 is 0 Å². The first-order chi connectivity index (χ1) is 12.7. The molecule has 1 amide bonds. The number of benzene rings is 1. The molecule has 0 bridgehead atoms. The van der Waals surface area contributed by atoms with Gasteiger partial charge in [-0.2, -0.15) is 0 Å². The van der Waals surface area contributed by atoms with Crippen molar-refractivity contribution in [3.8, 4) is 17.4 Å². The number of amides is 1. The predicted octanol–water partition coefficient (Wildman–Crippen LogP) is 2.07. The van der Waals surface area contributed by atoms with Crippen molar-refractivity contribution in [3.63, 3.8) is 0 Å². The highest BCUT2D eigenvalue weighted by atomic mass is 16.5. The summed E-state index contributed by atoms with van der Waals surface area (Å²) in [4.78, 5) is 17.0. The Morgan fingerprint density at radius 1 is 1.19 bits per heavy atom. The number of carbonyl (C=O) groups excluding carboxylic acids is 1. The van der Waals surface area contributed by atoms with Crippen LogP contribution in [0.15, 0.2) is 42.6 Å². The van der Waals surface area contributed by atoms with Crippen molar-refractivity contribution in [2.24, 2.45) is 0 Å². The van der Waals surface area contributed by atoms with Crippen LogP contribution in [0.3, 0.4) is 0 Å². The van der Waals surface area contributed by atoms with Gasteiger partial charge in [0.15, 0.2) is 11.5 Å². The summed E-state index contributed by atoms with van der Waals surface area (Å²) < 4.78 is 22.0. The SMILES string of the molecule is COc1cccc(C(=O)NC2CCOCC2Oc2ccccn2)c1OC. The number of para-hydroxylation sites is 1. The maximum atomic E-state index is 12.8. The zero-order valence-corrected chi connectivity index (χ0v) is 14.8. The summed E-state index contributed by atoms with van der Waals surface area (Å²) in [5.74, 6) is 1.17. The first kappa shape index (κ1) is 18.0. The molecule has 1 saturated heterocycles. The minimum Gasteiger partial charge on any atom is -0.493 e. The van der Waals surface area contributed by atoms with Gasteiger partial charge in [0, 0.05) is 18.9 Å². The van der Waals surface area contributed by atoms with Gasteiger partial charge in [0.05, 0.1) is 32.4 Å². The molecule has 7 heteroatoms. The Bertz CT molecular complexity index is 738. The van der Waals surface area contributed by atoms with E-state index in [4.69, 9.17) is 18.9 Å². The molecule has 1 fully saturated rings. The Hall–Kier alpha value is -2.80. The normalized spacial score (nSPS) is 19.5. The van der Waals surface area contributed by atoms with Crippen molar-refractivity contribution < 1.29 is 23.7 Å². The van der Waals surface area contributed by atoms with Crippen molar-refractivity contribution in [3.05, 3.63) is 48.2 Å². The quantitative estimate of drug-likeness (QED) is 0.852. The van der Waals surface area contributed by atoms with Crippen molar-refractivity contribution in [1.82, 2.24) is 10.3 Å². The molecule has 1 N–H and O–H groups in total. The van der Waals surface area contributed by atoms with E-state index in [1.807, 2.05) is 12.1 Å². The molecule has 0 aliphatic carbocycles. The largest absolute Gasteiger partial charge is 0.493 e. The van der Waals surface area contributed by atoms with Gasteiger partial charge in [0.25, 0.3) is 5.91 Å². The average Bonchev–Trinajstić information content (AvgIpc) is 2.69. The lowest BCUT2D eigenvalue weighted by molar-refractivity contribution is -0.0153. The van der Waals surface area contributed by atoms with Crippen LogP contribution < -0.4 is 19.5 Å². The second kappa shape index (κ2) is 8.53. The van der Waals surface area contributed by atoms with Crippen LogP contribution in [0, 0.1) is 0 Å². The molecule has 2 aromatic rings. The number of hydrogen-bond acceptors (Lipinski definition) is 6. The highest BCUT2D eigenvalue weighted by Gasteiger charge is 2.30. The lowest BCUT2D eigenvalue weighted by Crippen LogP contribution is -2.51. The van der Waals surface area contributed by atoms with Crippen LogP contribution in [0.1, 0.15) is 16.8 Å². The van der Waals surface area contributed by atoms with E-state index in [0.29, 0.717) is 42.6 Å². The minimum atomic E-state index is -0.320. The molecule has 1 aliphatic heterocycles. The molecule has 1 aliphatic rings. The van der Waals surface area contributed by atoms with Crippen molar-refractivity contribution >= 4 is 5.91 Å². The van der Waals surface area contributed by atoms with Crippen molar-refractivity contribution in [1.29, 1.82) is 0 Å². The van der Waals surface area contributed by atoms with Gasteiger partial charge in [-0.25, -0.2) is 4.98 Å². The number of rotatable bonds is 6. The first-order valence-electron chi connectivity index (χ1n) is 8.40. The third-order valence-electron chi connectivity index (χ3n) is 4.18. The maximum Gasteiger partial charge on any atom is 0.255 e. The zero-order chi connectivity index (χ0) is 18.4. The standard InChI is InChI=1S/C19H22N2O5/c1-23-15-7-5-6-13(18(15)24-2)19(22)21-14-9-11-25-12-16(14)26-17-8-3-4-10-20-17/h3-8,10,14,16H,9,11-12H2,1-2H3,(H,21,22). The molecule has 138 valence electrons. The fourth-order valence-corrected chi connectivity index (χ4v) is 2.88. The summed E-state index contributed by atoms with van der Waals surface area (Å²) in [6.07, 6.45) is 1.99. The van der Waals surface area contributed by atoms with Crippen LogP contribution in [-0.4, -0.2) is 50.5 Å². The number of nitrogens with zero attached hydrogens (tertiary/aromatic N) is 1. The number of hydrogen-bond donors (Lipinski definition) is 1. The van der Waals surface area contributed by atoms with Gasteiger partial charge < -0.3 is 24.3 Å². The van der Waals surface area contributed by atoms with Crippen LogP contribution >= 0.6 is 0 Å². The lowest BCUT2D eigenvalue weighted by Gasteiger charge is -2.32. The van der Waals surface area contributed by atoms with Gasteiger partial charge in [0.1, 0.15) is 6.10 Å². The number of ether oxygens (including phenoxy) is 4. The first-order valence-corrected chi connectivity index (χ1v) is 8.40. The topological polar surface area (TPSA) is 78.9 Å². The maximum absolute atomic E-state index is 12.8. The Morgan fingerprint density at radius 3 is 2.81 bits per heavy atom. The van der Waals surface area contributed by atoms with Crippen LogP contribution in [0.2, 0.25) is 0 Å². The summed E-state index contributed by atoms with van der Waals surface area (Å²) in [6.45, 7) is 0.943. The molecule has 2 atom stereocenters. The molecular formula is C19H22N2O5. The summed E-state index contributed by atoms with van der Waals surface area (Å²) >= 11 is 0. The highest BCUT2D eigenvalue weighted by molar-refractivity contribution is 5.98. The number of pyridine rings is 1. The number of carbonyl (C=O) groups is 1. The third-order valence-corrected chi connectivity index (χ3v) is 4.18. The number of aromatic nitrogens is 1. The number of methoxy groups -OCH3 is 2. The Labute approximate surface area is 152 Å². The van der Waals surface area contributed by atoms with Gasteiger partial charge in [-0.05, 0) is 24.6 Å². The van der Waals surface area contributed by atoms with Gasteiger partial charge in [-0.15, -0.1) is 0 Å². The third kappa shape index (κ3) is 4.05. The van der Waals surface area contributed by atoms with Crippen molar-refractivity contribution in [2.75, 3.05) is 27.4 Å². The average molecular weight is 358 g/mol. The Balaban J connectivity index is 1.74. The van der Waals surface area contributed by atoms with Gasteiger partial charge in [-0.1, -0.05) is 12.1 Å². The summed E-state index contributed by atoms with van der Waals surface area (Å²) in [5, 5.41) is 3.02. The van der Waals surface area contributed by atoms with Crippen LogP contribution in [-0.2, 0) is 4.74 Å². The Morgan fingerprint density at radius 2 is 2.08 bits per heavy atom.